The maximum Gasteiger partial charge on any atom is 0.0559 e. The van der Waals surface area contributed by atoms with Gasteiger partial charge in [-0.05, 0) is 24.3 Å². The van der Waals surface area contributed by atoms with Gasteiger partial charge in [0.05, 0.1) is 13.2 Å². The third-order valence-corrected chi connectivity index (χ3v) is 3.84. The van der Waals surface area contributed by atoms with E-state index in [1.54, 1.807) is 14.2 Å². The second-order valence-corrected chi connectivity index (χ2v) is 6.06. The zero-order valence-electron chi connectivity index (χ0n) is 14.9. The summed E-state index contributed by atoms with van der Waals surface area (Å²) in [6, 6.07) is 20.0. The minimum Gasteiger partial charge on any atom is -0.384 e. The van der Waals surface area contributed by atoms with Crippen molar-refractivity contribution in [2.24, 2.45) is 5.41 Å². The summed E-state index contributed by atoms with van der Waals surface area (Å²) in [4.78, 5) is 0. The maximum atomic E-state index is 5.45. The Morgan fingerprint density at radius 1 is 0.680 bits per heavy atom. The van der Waals surface area contributed by atoms with Crippen LogP contribution in [0.15, 0.2) is 60.7 Å². The molecule has 0 unspecified atom stereocenters. The van der Waals surface area contributed by atoms with Crippen molar-refractivity contribution in [3.63, 3.8) is 0 Å². The molecule has 25 heavy (non-hydrogen) atoms. The fourth-order valence-electron chi connectivity index (χ4n) is 2.63. The van der Waals surface area contributed by atoms with Gasteiger partial charge in [-0.3, -0.25) is 0 Å². The number of hydrogen-bond donors (Lipinski definition) is 0. The molecule has 0 aliphatic rings. The zero-order chi connectivity index (χ0) is 17.8. The fourth-order valence-corrected chi connectivity index (χ4v) is 2.63. The van der Waals surface area contributed by atoms with Crippen molar-refractivity contribution in [1.82, 2.24) is 0 Å². The molecular weight excluding hydrogens is 308 g/mol. The molecule has 0 spiro atoms. The molecule has 0 amide bonds. The molecule has 0 radical (unpaired) electrons. The van der Waals surface area contributed by atoms with E-state index in [2.05, 4.69) is 23.7 Å². The molecule has 0 saturated carbocycles. The first kappa shape index (κ1) is 18.8. The molecule has 0 N–H and O–H groups in total. The van der Waals surface area contributed by atoms with Crippen LogP contribution in [0.1, 0.15) is 24.0 Å². The molecule has 0 atom stereocenters. The summed E-state index contributed by atoms with van der Waals surface area (Å²) < 4.78 is 10.9. The summed E-state index contributed by atoms with van der Waals surface area (Å²) in [7, 11) is 3.42. The van der Waals surface area contributed by atoms with Crippen LogP contribution >= 0.6 is 0 Å². The van der Waals surface area contributed by atoms with Crippen molar-refractivity contribution in [1.29, 1.82) is 0 Å². The monoisotopic (exact) mass is 332 g/mol. The summed E-state index contributed by atoms with van der Waals surface area (Å²) in [5, 5.41) is 0. The Hall–Kier alpha value is -2.52. The van der Waals surface area contributed by atoms with Crippen molar-refractivity contribution < 1.29 is 9.47 Å². The summed E-state index contributed by atoms with van der Waals surface area (Å²) in [5.74, 6) is 13.0. The highest BCUT2D eigenvalue weighted by atomic mass is 16.5. The van der Waals surface area contributed by atoms with Crippen LogP contribution in [0.3, 0.4) is 0 Å². The van der Waals surface area contributed by atoms with Crippen molar-refractivity contribution in [2.75, 3.05) is 27.4 Å². The fraction of sp³-hybridized carbons (Fsp3) is 0.304. The topological polar surface area (TPSA) is 18.5 Å². The van der Waals surface area contributed by atoms with Gasteiger partial charge in [0, 0.05) is 43.6 Å². The molecule has 0 saturated heterocycles. The molecule has 2 aromatic rings. The Balaban J connectivity index is 2.13. The van der Waals surface area contributed by atoms with Crippen LogP contribution in [0.25, 0.3) is 0 Å². The average Bonchev–Trinajstić information content (AvgIpc) is 2.64. The van der Waals surface area contributed by atoms with Crippen molar-refractivity contribution >= 4 is 0 Å². The van der Waals surface area contributed by atoms with Gasteiger partial charge in [0.1, 0.15) is 0 Å². The predicted molar refractivity (Wildman–Crippen MR) is 102 cm³/mol. The summed E-state index contributed by atoms with van der Waals surface area (Å²) in [5.41, 5.74) is 1.80. The Morgan fingerprint density at radius 2 is 1.08 bits per heavy atom. The Kier molecular flexibility index (Phi) is 7.80. The smallest absolute Gasteiger partial charge is 0.0559 e. The predicted octanol–water partition coefficient (Wildman–Crippen LogP) is 4.15. The molecule has 2 nitrogen and oxygen atoms in total. The highest BCUT2D eigenvalue weighted by Gasteiger charge is 2.29. The van der Waals surface area contributed by atoms with Crippen LogP contribution < -0.4 is 0 Å². The van der Waals surface area contributed by atoms with Gasteiger partial charge in [-0.1, -0.05) is 60.1 Å². The van der Waals surface area contributed by atoms with E-state index in [-0.39, 0.29) is 5.41 Å². The molecule has 0 aliphatic heterocycles. The molecular formula is C23H24O2. The Morgan fingerprint density at radius 3 is 1.44 bits per heavy atom. The van der Waals surface area contributed by atoms with Gasteiger partial charge in [0.25, 0.3) is 0 Å². The molecule has 0 aliphatic carbocycles. The molecule has 128 valence electrons. The van der Waals surface area contributed by atoms with Crippen LogP contribution in [-0.2, 0) is 9.47 Å². The molecule has 2 rings (SSSR count). The third kappa shape index (κ3) is 6.48. The van der Waals surface area contributed by atoms with Gasteiger partial charge < -0.3 is 9.47 Å². The van der Waals surface area contributed by atoms with Crippen molar-refractivity contribution in [2.45, 2.75) is 12.8 Å². The van der Waals surface area contributed by atoms with E-state index in [9.17, 15) is 0 Å². The van der Waals surface area contributed by atoms with Gasteiger partial charge in [0.2, 0.25) is 0 Å². The first-order valence-electron chi connectivity index (χ1n) is 8.34. The lowest BCUT2D eigenvalue weighted by Gasteiger charge is -2.28. The highest BCUT2D eigenvalue weighted by molar-refractivity contribution is 5.35. The Labute approximate surface area is 151 Å². The summed E-state index contributed by atoms with van der Waals surface area (Å²) in [6.45, 7) is 1.13. The summed E-state index contributed by atoms with van der Waals surface area (Å²) in [6.07, 6.45) is 1.35. The van der Waals surface area contributed by atoms with E-state index < -0.39 is 0 Å². The van der Waals surface area contributed by atoms with Crippen LogP contribution in [0.2, 0.25) is 0 Å². The van der Waals surface area contributed by atoms with Gasteiger partial charge in [-0.25, -0.2) is 0 Å². The molecule has 0 bridgehead atoms. The van der Waals surface area contributed by atoms with Crippen molar-refractivity contribution in [3.05, 3.63) is 71.8 Å². The molecule has 2 aromatic carbocycles. The minimum absolute atomic E-state index is 0.229. The lowest BCUT2D eigenvalue weighted by atomic mass is 9.83. The molecule has 0 heterocycles. The van der Waals surface area contributed by atoms with E-state index in [0.29, 0.717) is 26.1 Å². The quantitative estimate of drug-likeness (QED) is 0.740. The normalized spacial score (nSPS) is 10.3. The average molecular weight is 332 g/mol. The number of methoxy groups -OCH3 is 2. The SMILES string of the molecule is COCC(CC#Cc1ccccc1)(CC#Cc1ccccc1)COC. The van der Waals surface area contributed by atoms with Crippen molar-refractivity contribution in [3.8, 4) is 23.7 Å². The van der Waals surface area contributed by atoms with E-state index >= 15 is 0 Å². The molecule has 0 aromatic heterocycles. The number of benzene rings is 2. The zero-order valence-corrected chi connectivity index (χ0v) is 14.9. The molecule has 0 fully saturated rings. The lowest BCUT2D eigenvalue weighted by molar-refractivity contribution is 0.0164. The van der Waals surface area contributed by atoms with Gasteiger partial charge >= 0.3 is 0 Å². The van der Waals surface area contributed by atoms with Crippen LogP contribution in [0.4, 0.5) is 0 Å². The Bertz CT molecular complexity index is 675. The first-order valence-corrected chi connectivity index (χ1v) is 8.34. The van der Waals surface area contributed by atoms with Crippen LogP contribution in [0.5, 0.6) is 0 Å². The summed E-state index contributed by atoms with van der Waals surface area (Å²) >= 11 is 0. The lowest BCUT2D eigenvalue weighted by Crippen LogP contribution is -2.31. The van der Waals surface area contributed by atoms with Crippen LogP contribution in [-0.4, -0.2) is 27.4 Å². The van der Waals surface area contributed by atoms with Crippen LogP contribution in [0, 0.1) is 29.1 Å². The highest BCUT2D eigenvalue weighted by Crippen LogP contribution is 2.27. The first-order chi connectivity index (χ1) is 12.3. The number of rotatable bonds is 6. The standard InChI is InChI=1S/C23H24O2/c1-24-19-23(20-25-2,17-9-15-21-11-5-3-6-12-21)18-10-16-22-13-7-4-8-14-22/h3-8,11-14H,17-20H2,1-2H3. The molecule has 2 heteroatoms. The van der Waals surface area contributed by atoms with E-state index in [1.165, 1.54) is 0 Å². The van der Waals surface area contributed by atoms with Gasteiger partial charge in [-0.2, -0.15) is 0 Å². The third-order valence-electron chi connectivity index (χ3n) is 3.84. The number of hydrogen-bond acceptors (Lipinski definition) is 2. The minimum atomic E-state index is -0.229. The second-order valence-electron chi connectivity index (χ2n) is 6.06. The maximum absolute atomic E-state index is 5.45. The van der Waals surface area contributed by atoms with E-state index in [0.717, 1.165) is 11.1 Å². The van der Waals surface area contributed by atoms with E-state index in [4.69, 9.17) is 9.47 Å². The second kappa shape index (κ2) is 10.4. The number of ether oxygens (including phenoxy) is 2. The van der Waals surface area contributed by atoms with Gasteiger partial charge in [0.15, 0.2) is 0 Å². The van der Waals surface area contributed by atoms with Gasteiger partial charge in [-0.15, -0.1) is 0 Å². The largest absolute Gasteiger partial charge is 0.384 e. The van der Waals surface area contributed by atoms with E-state index in [1.807, 2.05) is 60.7 Å².